The number of likely N-dealkylation sites (tertiary alicyclic amines) is 1. The average Bonchev–Trinajstić information content (AvgIpc) is 2.75. The molecule has 2 aromatic rings. The van der Waals surface area contributed by atoms with Crippen molar-refractivity contribution in [1.82, 2.24) is 4.90 Å². The van der Waals surface area contributed by atoms with Crippen molar-refractivity contribution < 1.29 is 46.1 Å². The molecule has 1 aliphatic rings. The van der Waals surface area contributed by atoms with Gasteiger partial charge in [0.25, 0.3) is 5.91 Å². The number of β-amino-alcohol motifs (C(OH)–C–C–N with tert-alkyl or cyclic N) is 1. The first-order valence-electron chi connectivity index (χ1n) is 10.3. The third-order valence-electron chi connectivity index (χ3n) is 5.31. The molecule has 0 aliphatic carbocycles. The third kappa shape index (κ3) is 6.79. The Balaban J connectivity index is 0.000000572. The molecule has 36 heavy (non-hydrogen) atoms. The molecule has 7 nitrogen and oxygen atoms in total. The fourth-order valence-corrected chi connectivity index (χ4v) is 3.79. The van der Waals surface area contributed by atoms with Crippen LogP contribution in [-0.2, 0) is 4.79 Å². The number of halogens is 7. The van der Waals surface area contributed by atoms with Gasteiger partial charge in [-0.25, -0.2) is 18.0 Å². The summed E-state index contributed by atoms with van der Waals surface area (Å²) in [7, 11) is 0. The van der Waals surface area contributed by atoms with Crippen LogP contribution in [0.15, 0.2) is 30.3 Å². The lowest BCUT2D eigenvalue weighted by atomic mass is 9.80. The quantitative estimate of drug-likeness (QED) is 0.289. The molecule has 198 valence electrons. The molecule has 1 saturated heterocycles. The number of hydrogen-bond acceptors (Lipinski definition) is 5. The highest BCUT2D eigenvalue weighted by Crippen LogP contribution is 2.33. The number of carboxylic acids is 1. The van der Waals surface area contributed by atoms with Gasteiger partial charge in [-0.15, -0.1) is 0 Å². The lowest BCUT2D eigenvalue weighted by Gasteiger charge is -2.50. The minimum absolute atomic E-state index is 0.00148. The van der Waals surface area contributed by atoms with Gasteiger partial charge in [-0.3, -0.25) is 4.79 Å². The number of nitrogens with zero attached hydrogens (tertiary/aromatic N) is 1. The molecule has 1 fully saturated rings. The second-order valence-electron chi connectivity index (χ2n) is 8.37. The van der Waals surface area contributed by atoms with Crippen molar-refractivity contribution in [3.05, 3.63) is 56.9 Å². The predicted molar refractivity (Wildman–Crippen MR) is 126 cm³/mol. The molecule has 0 saturated carbocycles. The number of nitrogens with two attached hydrogens (primary N) is 1. The summed E-state index contributed by atoms with van der Waals surface area (Å²) in [5.74, 6) is -6.49. The van der Waals surface area contributed by atoms with Crippen LogP contribution in [-0.4, -0.2) is 57.9 Å². The number of carboxylic acid groups (broad SMARTS) is 1. The van der Waals surface area contributed by atoms with Gasteiger partial charge in [0.2, 0.25) is 0 Å². The second-order valence-corrected chi connectivity index (χ2v) is 9.62. The zero-order chi connectivity index (χ0) is 27.6. The van der Waals surface area contributed by atoms with E-state index in [9.17, 15) is 36.2 Å². The van der Waals surface area contributed by atoms with Gasteiger partial charge in [-0.1, -0.05) is 13.8 Å². The van der Waals surface area contributed by atoms with Crippen molar-refractivity contribution in [2.75, 3.05) is 18.4 Å². The summed E-state index contributed by atoms with van der Waals surface area (Å²) in [4.78, 5) is 23.1. The van der Waals surface area contributed by atoms with E-state index >= 15 is 0 Å². The molecule has 1 unspecified atom stereocenters. The highest BCUT2D eigenvalue weighted by molar-refractivity contribution is 14.1. The average molecular weight is 633 g/mol. The number of aliphatic hydroxyl groups is 1. The van der Waals surface area contributed by atoms with E-state index in [0.717, 1.165) is 12.1 Å². The standard InChI is InChI=1S/C20H21F3IN3O2.C2HF3O2/c1-10(2)18(25)20(29)8-27(9-20)19(28)12-4-5-13(21)16(23)17(12)26-15-6-3-11(24)7-14(15)22;3-2(4,5)1(6)7/h3-7,10,18,26,29H,8-9,25H2,1-2H3;(H,6,7). The highest BCUT2D eigenvalue weighted by atomic mass is 127. The van der Waals surface area contributed by atoms with Crippen LogP contribution in [0, 0.1) is 26.9 Å². The fourth-order valence-electron chi connectivity index (χ4n) is 3.34. The monoisotopic (exact) mass is 633 g/mol. The van der Waals surface area contributed by atoms with Crippen LogP contribution in [0.3, 0.4) is 0 Å². The first kappa shape index (κ1) is 29.6. The van der Waals surface area contributed by atoms with E-state index in [1.165, 1.54) is 17.0 Å². The zero-order valence-corrected chi connectivity index (χ0v) is 21.0. The van der Waals surface area contributed by atoms with Crippen LogP contribution < -0.4 is 11.1 Å². The molecule has 0 spiro atoms. The summed E-state index contributed by atoms with van der Waals surface area (Å²) in [6.07, 6.45) is -5.08. The van der Waals surface area contributed by atoms with E-state index in [-0.39, 0.29) is 30.3 Å². The lowest BCUT2D eigenvalue weighted by Crippen LogP contribution is -2.71. The number of hydrogen-bond donors (Lipinski definition) is 4. The van der Waals surface area contributed by atoms with E-state index in [1.807, 2.05) is 36.4 Å². The van der Waals surface area contributed by atoms with Gasteiger partial charge in [0.1, 0.15) is 11.4 Å². The Labute approximate surface area is 215 Å². The molecule has 1 atom stereocenters. The zero-order valence-electron chi connectivity index (χ0n) is 18.8. The minimum atomic E-state index is -5.08. The molecule has 14 heteroatoms. The summed E-state index contributed by atoms with van der Waals surface area (Å²) in [6, 6.07) is 5.63. The van der Waals surface area contributed by atoms with E-state index in [2.05, 4.69) is 5.32 Å². The molecule has 0 aromatic heterocycles. The molecule has 1 heterocycles. The summed E-state index contributed by atoms with van der Waals surface area (Å²) >= 11 is 1.92. The van der Waals surface area contributed by atoms with Crippen molar-refractivity contribution in [3.8, 4) is 0 Å². The Bertz CT molecular complexity index is 1140. The van der Waals surface area contributed by atoms with Gasteiger partial charge in [-0.2, -0.15) is 13.2 Å². The molecular weight excluding hydrogens is 611 g/mol. The Morgan fingerprint density at radius 2 is 1.67 bits per heavy atom. The maximum Gasteiger partial charge on any atom is 0.490 e. The maximum absolute atomic E-state index is 14.5. The van der Waals surface area contributed by atoms with Crippen LogP contribution in [0.2, 0.25) is 0 Å². The molecule has 2 aromatic carbocycles. The van der Waals surface area contributed by atoms with Crippen molar-refractivity contribution in [2.24, 2.45) is 11.7 Å². The number of carbonyl (C=O) groups excluding carboxylic acids is 1. The Morgan fingerprint density at radius 1 is 1.11 bits per heavy atom. The number of benzene rings is 2. The molecular formula is C22H22F6IN3O4. The van der Waals surface area contributed by atoms with Gasteiger partial charge in [0, 0.05) is 9.61 Å². The van der Waals surface area contributed by atoms with Gasteiger partial charge >= 0.3 is 12.1 Å². The van der Waals surface area contributed by atoms with Crippen molar-refractivity contribution in [1.29, 1.82) is 0 Å². The fraction of sp³-hybridized carbons (Fsp3) is 0.364. The molecule has 0 radical (unpaired) electrons. The lowest BCUT2D eigenvalue weighted by molar-refractivity contribution is -0.192. The van der Waals surface area contributed by atoms with Crippen molar-refractivity contribution in [3.63, 3.8) is 0 Å². The maximum atomic E-state index is 14.5. The smallest absolute Gasteiger partial charge is 0.475 e. The van der Waals surface area contributed by atoms with Crippen LogP contribution >= 0.6 is 22.6 Å². The Morgan fingerprint density at radius 3 is 2.14 bits per heavy atom. The first-order chi connectivity index (χ1) is 16.5. The Hall–Kier alpha value is -2.59. The SMILES string of the molecule is CC(C)C(N)C1(O)CN(C(=O)c2ccc(F)c(F)c2Nc2ccc(I)cc2F)C1.O=C(O)C(F)(F)F. The minimum Gasteiger partial charge on any atom is -0.475 e. The van der Waals surface area contributed by atoms with Gasteiger partial charge in [0.15, 0.2) is 11.6 Å². The van der Waals surface area contributed by atoms with Gasteiger partial charge in [-0.05, 0) is 58.8 Å². The molecule has 3 rings (SSSR count). The predicted octanol–water partition coefficient (Wildman–Crippen LogP) is 4.26. The van der Waals surface area contributed by atoms with Crippen molar-refractivity contribution in [2.45, 2.75) is 31.7 Å². The van der Waals surface area contributed by atoms with Crippen LogP contribution in [0.4, 0.5) is 37.7 Å². The number of nitrogens with one attached hydrogen (secondary N) is 1. The van der Waals surface area contributed by atoms with Crippen LogP contribution in [0.5, 0.6) is 0 Å². The highest BCUT2D eigenvalue weighted by Gasteiger charge is 2.49. The summed E-state index contributed by atoms with van der Waals surface area (Å²) in [5, 5.41) is 20.2. The number of alkyl halides is 3. The van der Waals surface area contributed by atoms with E-state index in [1.54, 1.807) is 6.07 Å². The molecule has 0 bridgehead atoms. The Kier molecular flexibility index (Phi) is 9.23. The van der Waals surface area contributed by atoms with Gasteiger partial charge in [0.05, 0.1) is 30.0 Å². The molecule has 1 aliphatic heterocycles. The number of carbonyl (C=O) groups is 2. The van der Waals surface area contributed by atoms with Gasteiger partial charge < -0.3 is 26.2 Å². The molecule has 5 N–H and O–H groups in total. The van der Waals surface area contributed by atoms with Crippen LogP contribution in [0.1, 0.15) is 24.2 Å². The first-order valence-corrected chi connectivity index (χ1v) is 11.3. The molecule has 1 amide bonds. The second kappa shape index (κ2) is 11.2. The van der Waals surface area contributed by atoms with E-state index in [4.69, 9.17) is 15.6 Å². The van der Waals surface area contributed by atoms with E-state index in [0.29, 0.717) is 3.57 Å². The number of rotatable bonds is 5. The number of amides is 1. The number of anilines is 2. The van der Waals surface area contributed by atoms with Crippen LogP contribution in [0.25, 0.3) is 0 Å². The third-order valence-corrected chi connectivity index (χ3v) is 5.98. The largest absolute Gasteiger partial charge is 0.490 e. The van der Waals surface area contributed by atoms with E-state index < -0.39 is 52.8 Å². The normalized spacial score (nSPS) is 15.5. The summed E-state index contributed by atoms with van der Waals surface area (Å²) in [6.45, 7) is 3.67. The van der Waals surface area contributed by atoms with Crippen molar-refractivity contribution >= 4 is 45.8 Å². The topological polar surface area (TPSA) is 116 Å². The summed E-state index contributed by atoms with van der Waals surface area (Å²) < 4.78 is 74.8. The summed E-state index contributed by atoms with van der Waals surface area (Å²) in [5.41, 5.74) is 4.06. The number of aliphatic carboxylic acids is 1.